The Bertz CT molecular complexity index is 346. The third-order valence-electron chi connectivity index (χ3n) is 2.21. The quantitative estimate of drug-likeness (QED) is 0.636. The molecule has 0 amide bonds. The first kappa shape index (κ1) is 12.1. The minimum Gasteiger partial charge on any atom is -0.461 e. The second kappa shape index (κ2) is 5.21. The number of H-pyrrole nitrogens is 1. The van der Waals surface area contributed by atoms with Crippen LogP contribution in [0.15, 0.2) is 6.07 Å². The van der Waals surface area contributed by atoms with Gasteiger partial charge in [-0.05, 0) is 25.5 Å². The van der Waals surface area contributed by atoms with Gasteiger partial charge in [0.25, 0.3) is 0 Å². The van der Waals surface area contributed by atoms with Crippen LogP contribution in [0.1, 0.15) is 23.9 Å². The fraction of sp³-hybridized carbons (Fsp3) is 0.545. The molecule has 0 radical (unpaired) electrons. The van der Waals surface area contributed by atoms with Crippen LogP contribution in [0.2, 0.25) is 0 Å². The van der Waals surface area contributed by atoms with E-state index in [9.17, 15) is 4.79 Å². The third kappa shape index (κ3) is 3.59. The molecule has 0 aliphatic carbocycles. The van der Waals surface area contributed by atoms with Gasteiger partial charge in [0.15, 0.2) is 0 Å². The standard InChI is InChI=1S/C11H16ClNO2/c1-7-4-10(8(2)13-7)5-11(6-12)15-9(3)14/h4,11,13H,5-6H2,1-3H3/t11-/m0/s1. The Morgan fingerprint density at radius 1 is 1.60 bits per heavy atom. The molecule has 1 aromatic rings. The monoisotopic (exact) mass is 229 g/mol. The molecule has 1 N–H and O–H groups in total. The van der Waals surface area contributed by atoms with Gasteiger partial charge in [-0.15, -0.1) is 11.6 Å². The molecule has 0 aromatic carbocycles. The van der Waals surface area contributed by atoms with Gasteiger partial charge in [-0.2, -0.15) is 0 Å². The van der Waals surface area contributed by atoms with E-state index in [1.807, 2.05) is 13.8 Å². The summed E-state index contributed by atoms with van der Waals surface area (Å²) in [4.78, 5) is 14.0. The maximum Gasteiger partial charge on any atom is 0.302 e. The first-order chi connectivity index (χ1) is 7.02. The van der Waals surface area contributed by atoms with Gasteiger partial charge in [0, 0.05) is 24.7 Å². The summed E-state index contributed by atoms with van der Waals surface area (Å²) in [5.74, 6) is 0.0361. The van der Waals surface area contributed by atoms with E-state index < -0.39 is 0 Å². The molecule has 1 heterocycles. The lowest BCUT2D eigenvalue weighted by molar-refractivity contribution is -0.145. The molecule has 0 saturated carbocycles. The Labute approximate surface area is 94.8 Å². The summed E-state index contributed by atoms with van der Waals surface area (Å²) < 4.78 is 5.08. The van der Waals surface area contributed by atoms with Gasteiger partial charge in [0.05, 0.1) is 5.88 Å². The van der Waals surface area contributed by atoms with Crippen molar-refractivity contribution in [3.63, 3.8) is 0 Å². The molecular weight excluding hydrogens is 214 g/mol. The number of halogens is 1. The van der Waals surface area contributed by atoms with E-state index in [1.54, 1.807) is 0 Å². The SMILES string of the molecule is CC(=O)O[C@H](CCl)Cc1cc(C)[nH]c1C. The van der Waals surface area contributed by atoms with Gasteiger partial charge < -0.3 is 9.72 Å². The molecule has 0 saturated heterocycles. The van der Waals surface area contributed by atoms with E-state index >= 15 is 0 Å². The normalized spacial score (nSPS) is 12.5. The van der Waals surface area contributed by atoms with E-state index in [4.69, 9.17) is 16.3 Å². The number of alkyl halides is 1. The number of hydrogen-bond donors (Lipinski definition) is 1. The fourth-order valence-electron chi connectivity index (χ4n) is 1.60. The van der Waals surface area contributed by atoms with Gasteiger partial charge in [0.2, 0.25) is 0 Å². The zero-order valence-electron chi connectivity index (χ0n) is 9.26. The highest BCUT2D eigenvalue weighted by atomic mass is 35.5. The molecule has 1 aromatic heterocycles. The van der Waals surface area contributed by atoms with Crippen LogP contribution in [-0.2, 0) is 16.0 Å². The van der Waals surface area contributed by atoms with Crippen LogP contribution < -0.4 is 0 Å². The summed E-state index contributed by atoms with van der Waals surface area (Å²) in [5.41, 5.74) is 3.37. The van der Waals surface area contributed by atoms with Crippen LogP contribution in [0.25, 0.3) is 0 Å². The zero-order valence-corrected chi connectivity index (χ0v) is 10.0. The van der Waals surface area contributed by atoms with Crippen LogP contribution in [0.4, 0.5) is 0 Å². The molecule has 0 unspecified atom stereocenters. The molecule has 4 heteroatoms. The first-order valence-electron chi connectivity index (χ1n) is 4.91. The Balaban J connectivity index is 2.66. The van der Waals surface area contributed by atoms with E-state index in [0.29, 0.717) is 12.3 Å². The number of hydrogen-bond acceptors (Lipinski definition) is 2. The molecular formula is C11H16ClNO2. The second-order valence-electron chi connectivity index (χ2n) is 3.69. The minimum atomic E-state index is -0.287. The van der Waals surface area contributed by atoms with Crippen molar-refractivity contribution < 1.29 is 9.53 Å². The summed E-state index contributed by atoms with van der Waals surface area (Å²) in [6.45, 7) is 5.40. The van der Waals surface area contributed by atoms with Crippen molar-refractivity contribution in [1.82, 2.24) is 4.98 Å². The van der Waals surface area contributed by atoms with Gasteiger partial charge in [0.1, 0.15) is 6.10 Å². The maximum atomic E-state index is 10.8. The van der Waals surface area contributed by atoms with Crippen molar-refractivity contribution in [1.29, 1.82) is 0 Å². The summed E-state index contributed by atoms with van der Waals surface area (Å²) in [6.07, 6.45) is 0.428. The molecule has 0 aliphatic rings. The zero-order chi connectivity index (χ0) is 11.4. The first-order valence-corrected chi connectivity index (χ1v) is 5.44. The maximum absolute atomic E-state index is 10.8. The Hall–Kier alpha value is -0.960. The summed E-state index contributed by atoms with van der Waals surface area (Å²) in [6, 6.07) is 2.05. The largest absolute Gasteiger partial charge is 0.461 e. The van der Waals surface area contributed by atoms with Crippen molar-refractivity contribution in [2.75, 3.05) is 5.88 Å². The lowest BCUT2D eigenvalue weighted by Crippen LogP contribution is -2.20. The molecule has 3 nitrogen and oxygen atoms in total. The van der Waals surface area contributed by atoms with Crippen molar-refractivity contribution in [3.05, 3.63) is 23.0 Å². The number of rotatable bonds is 4. The average molecular weight is 230 g/mol. The predicted octanol–water partition coefficient (Wildman–Crippen LogP) is 2.34. The van der Waals surface area contributed by atoms with E-state index in [2.05, 4.69) is 11.1 Å². The number of esters is 1. The molecule has 15 heavy (non-hydrogen) atoms. The fourth-order valence-corrected chi connectivity index (χ4v) is 1.77. The molecule has 0 bridgehead atoms. The van der Waals surface area contributed by atoms with E-state index in [-0.39, 0.29) is 12.1 Å². The predicted molar refractivity (Wildman–Crippen MR) is 60.2 cm³/mol. The summed E-state index contributed by atoms with van der Waals surface area (Å²) >= 11 is 5.73. The number of carbonyl (C=O) groups excluding carboxylic acids is 1. The molecule has 84 valence electrons. The van der Waals surface area contributed by atoms with Gasteiger partial charge in [-0.25, -0.2) is 0 Å². The van der Waals surface area contributed by atoms with Crippen molar-refractivity contribution in [2.45, 2.75) is 33.3 Å². The van der Waals surface area contributed by atoms with Gasteiger partial charge in [-0.1, -0.05) is 0 Å². The highest BCUT2D eigenvalue weighted by Crippen LogP contribution is 2.14. The van der Waals surface area contributed by atoms with Crippen LogP contribution in [0.3, 0.4) is 0 Å². The lowest BCUT2D eigenvalue weighted by Gasteiger charge is -2.13. The Morgan fingerprint density at radius 2 is 2.27 bits per heavy atom. The Kier molecular flexibility index (Phi) is 4.21. The number of aromatic nitrogens is 1. The number of carbonyl (C=O) groups is 1. The average Bonchev–Trinajstić information content (AvgIpc) is 2.43. The highest BCUT2D eigenvalue weighted by Gasteiger charge is 2.14. The van der Waals surface area contributed by atoms with Crippen LogP contribution in [-0.4, -0.2) is 22.9 Å². The van der Waals surface area contributed by atoms with E-state index in [0.717, 1.165) is 17.0 Å². The molecule has 1 rings (SSSR count). The van der Waals surface area contributed by atoms with E-state index in [1.165, 1.54) is 6.92 Å². The topological polar surface area (TPSA) is 42.1 Å². The Morgan fingerprint density at radius 3 is 2.67 bits per heavy atom. The van der Waals surface area contributed by atoms with Crippen molar-refractivity contribution in [2.24, 2.45) is 0 Å². The minimum absolute atomic E-state index is 0.238. The highest BCUT2D eigenvalue weighted by molar-refractivity contribution is 6.18. The van der Waals surface area contributed by atoms with Crippen molar-refractivity contribution >= 4 is 17.6 Å². The van der Waals surface area contributed by atoms with Crippen molar-refractivity contribution in [3.8, 4) is 0 Å². The van der Waals surface area contributed by atoms with Gasteiger partial charge in [-0.3, -0.25) is 4.79 Å². The molecule has 0 aliphatic heterocycles. The number of aromatic amines is 1. The third-order valence-corrected chi connectivity index (χ3v) is 2.55. The second-order valence-corrected chi connectivity index (χ2v) is 4.00. The van der Waals surface area contributed by atoms with Crippen LogP contribution in [0.5, 0.6) is 0 Å². The van der Waals surface area contributed by atoms with Crippen LogP contribution in [0, 0.1) is 13.8 Å². The molecule has 1 atom stereocenters. The number of aryl methyl sites for hydroxylation is 2. The number of ether oxygens (including phenoxy) is 1. The van der Waals surface area contributed by atoms with Crippen LogP contribution >= 0.6 is 11.6 Å². The summed E-state index contributed by atoms with van der Waals surface area (Å²) in [7, 11) is 0. The van der Waals surface area contributed by atoms with Gasteiger partial charge >= 0.3 is 5.97 Å². The smallest absolute Gasteiger partial charge is 0.302 e. The number of nitrogens with one attached hydrogen (secondary N) is 1. The summed E-state index contributed by atoms with van der Waals surface area (Å²) in [5, 5.41) is 0. The molecule has 0 spiro atoms. The molecule has 0 fully saturated rings. The lowest BCUT2D eigenvalue weighted by atomic mass is 10.1.